The number of carbonyl (C=O) groups is 2. The monoisotopic (exact) mass is 463 g/mol. The van der Waals surface area contributed by atoms with E-state index in [2.05, 4.69) is 5.14 Å². The first-order valence-electron chi connectivity index (χ1n) is 10.1. The summed E-state index contributed by atoms with van der Waals surface area (Å²) in [5.74, 6) is -0.813. The minimum absolute atomic E-state index is 0.193. The Labute approximate surface area is 183 Å². The van der Waals surface area contributed by atoms with Gasteiger partial charge >= 0.3 is 22.2 Å². The number of unbranched alkanes of at least 4 members (excludes halogenated alkanes) is 6. The first-order valence-corrected chi connectivity index (χ1v) is 11.6. The van der Waals surface area contributed by atoms with Crippen LogP contribution in [0.1, 0.15) is 72.1 Å². The molecule has 0 aliphatic rings. The van der Waals surface area contributed by atoms with Gasteiger partial charge in [-0.25, -0.2) is 14.7 Å². The van der Waals surface area contributed by atoms with Crippen molar-refractivity contribution in [1.82, 2.24) is 0 Å². The van der Waals surface area contributed by atoms with Crippen LogP contribution in [0.25, 0.3) is 0 Å². The molecule has 5 N–H and O–H groups in total. The van der Waals surface area contributed by atoms with Crippen molar-refractivity contribution in [3.8, 4) is 0 Å². The number of aliphatic hydroxyl groups excluding tert-OH is 2. The number of nitrogens with two attached hydrogens (primary N) is 1. The molecule has 0 amide bonds. The summed E-state index contributed by atoms with van der Waals surface area (Å²) in [5.41, 5.74) is 0.807. The highest BCUT2D eigenvalue weighted by molar-refractivity contribution is 7.83. The van der Waals surface area contributed by atoms with E-state index in [1.807, 2.05) is 0 Å². The molecule has 0 fully saturated rings. The lowest BCUT2D eigenvalue weighted by molar-refractivity contribution is 0.0483. The summed E-state index contributed by atoms with van der Waals surface area (Å²) in [6, 6.07) is 6.25. The molecule has 0 aromatic heterocycles. The average molecular weight is 464 g/mol. The van der Waals surface area contributed by atoms with E-state index >= 15 is 0 Å². The molecule has 0 radical (unpaired) electrons. The summed E-state index contributed by atoms with van der Waals surface area (Å²) in [4.78, 5) is 23.8. The van der Waals surface area contributed by atoms with Gasteiger partial charge in [0.1, 0.15) is 0 Å². The molecule has 0 heterocycles. The number of carbonyl (C=O) groups excluding carboxylic acids is 2. The van der Waals surface area contributed by atoms with Crippen molar-refractivity contribution in [3.05, 3.63) is 35.4 Å². The van der Waals surface area contributed by atoms with Crippen LogP contribution in [-0.4, -0.2) is 61.5 Å². The van der Waals surface area contributed by atoms with Gasteiger partial charge in [-0.1, -0.05) is 12.8 Å². The van der Waals surface area contributed by atoms with E-state index in [0.717, 1.165) is 51.4 Å². The second-order valence-electron chi connectivity index (χ2n) is 6.64. The molecular formula is C20H33NO9S. The van der Waals surface area contributed by atoms with E-state index in [0.29, 0.717) is 24.3 Å². The Bertz CT molecular complexity index is 666. The number of hydrogen-bond acceptors (Lipinski definition) is 8. The van der Waals surface area contributed by atoms with Crippen LogP contribution in [0, 0.1) is 0 Å². The van der Waals surface area contributed by atoms with Gasteiger partial charge in [-0.2, -0.15) is 8.42 Å². The quantitative estimate of drug-likeness (QED) is 0.182. The summed E-state index contributed by atoms with van der Waals surface area (Å²) in [7, 11) is -4.17. The Balaban J connectivity index is 0.00000161. The van der Waals surface area contributed by atoms with Crippen molar-refractivity contribution in [2.45, 2.75) is 51.4 Å². The predicted octanol–water partition coefficient (Wildman–Crippen LogP) is 1.85. The molecule has 0 saturated heterocycles. The summed E-state index contributed by atoms with van der Waals surface area (Å²) >= 11 is 0. The van der Waals surface area contributed by atoms with Crippen LogP contribution in [0.4, 0.5) is 0 Å². The third-order valence-electron chi connectivity index (χ3n) is 3.93. The Hall–Kier alpha value is -2.05. The van der Waals surface area contributed by atoms with E-state index in [-0.39, 0.29) is 13.2 Å². The van der Waals surface area contributed by atoms with Crippen molar-refractivity contribution in [3.63, 3.8) is 0 Å². The number of rotatable bonds is 14. The molecule has 0 aliphatic carbocycles. The number of hydrogen-bond donors (Lipinski definition) is 4. The highest BCUT2D eigenvalue weighted by Gasteiger charge is 2.10. The molecule has 10 nitrogen and oxygen atoms in total. The SMILES string of the molecule is NS(=O)(=O)O.O=C(OCCCCCCO)c1ccc(C(=O)OCCCCCCO)cc1. The Morgan fingerprint density at radius 2 is 1.00 bits per heavy atom. The van der Waals surface area contributed by atoms with E-state index in [1.54, 1.807) is 24.3 Å². The molecule has 0 saturated carbocycles. The van der Waals surface area contributed by atoms with Crippen LogP contribution >= 0.6 is 0 Å². The maximum Gasteiger partial charge on any atom is 0.338 e. The topological polar surface area (TPSA) is 173 Å². The summed E-state index contributed by atoms with van der Waals surface area (Å²) in [6.45, 7) is 1.09. The van der Waals surface area contributed by atoms with E-state index < -0.39 is 22.2 Å². The lowest BCUT2D eigenvalue weighted by atomic mass is 10.1. The number of benzene rings is 1. The fourth-order valence-corrected chi connectivity index (χ4v) is 2.37. The standard InChI is InChI=1S/C20H30O6.H3NO3S/c21-13-5-1-3-7-15-25-19(23)17-9-11-18(12-10-17)20(24)26-16-8-4-2-6-14-22;1-5(2,3)4/h9-12,21-22H,1-8,13-16H2;(H3,1,2,3,4). The highest BCUT2D eigenvalue weighted by Crippen LogP contribution is 2.09. The first-order chi connectivity index (χ1) is 14.7. The Morgan fingerprint density at radius 3 is 1.29 bits per heavy atom. The van der Waals surface area contributed by atoms with Crippen LogP contribution < -0.4 is 5.14 Å². The Kier molecular flexibility index (Phi) is 16.4. The van der Waals surface area contributed by atoms with Crippen LogP contribution in [-0.2, 0) is 19.8 Å². The molecule has 11 heteroatoms. The molecule has 0 atom stereocenters. The summed E-state index contributed by atoms with van der Waals surface area (Å²) in [6.07, 6.45) is 6.76. The largest absolute Gasteiger partial charge is 0.462 e. The lowest BCUT2D eigenvalue weighted by Crippen LogP contribution is -2.09. The van der Waals surface area contributed by atoms with E-state index in [9.17, 15) is 9.59 Å². The summed E-state index contributed by atoms with van der Waals surface area (Å²) in [5, 5.41) is 21.3. The minimum atomic E-state index is -4.17. The zero-order valence-electron chi connectivity index (χ0n) is 17.6. The second kappa shape index (κ2) is 17.6. The van der Waals surface area contributed by atoms with Gasteiger partial charge in [-0.05, 0) is 62.8 Å². The third kappa shape index (κ3) is 18.4. The zero-order valence-corrected chi connectivity index (χ0v) is 18.4. The molecule has 0 spiro atoms. The summed E-state index contributed by atoms with van der Waals surface area (Å²) < 4.78 is 35.6. The van der Waals surface area contributed by atoms with Gasteiger partial charge < -0.3 is 19.7 Å². The first kappa shape index (κ1) is 28.9. The minimum Gasteiger partial charge on any atom is -0.462 e. The van der Waals surface area contributed by atoms with Crippen molar-refractivity contribution in [2.75, 3.05) is 26.4 Å². The van der Waals surface area contributed by atoms with Crippen LogP contribution in [0.5, 0.6) is 0 Å². The van der Waals surface area contributed by atoms with Gasteiger partial charge in [0.05, 0.1) is 24.3 Å². The van der Waals surface area contributed by atoms with Crippen molar-refractivity contribution >= 4 is 22.2 Å². The van der Waals surface area contributed by atoms with Gasteiger partial charge in [0.2, 0.25) is 0 Å². The predicted molar refractivity (Wildman–Crippen MR) is 114 cm³/mol. The zero-order chi connectivity index (χ0) is 23.5. The molecule has 1 rings (SSSR count). The van der Waals surface area contributed by atoms with Gasteiger partial charge in [0, 0.05) is 13.2 Å². The van der Waals surface area contributed by atoms with E-state index in [4.69, 9.17) is 32.7 Å². The normalized spacial score (nSPS) is 10.7. The number of esters is 2. The van der Waals surface area contributed by atoms with Crippen molar-refractivity contribution in [1.29, 1.82) is 0 Å². The van der Waals surface area contributed by atoms with Gasteiger partial charge in [-0.15, -0.1) is 0 Å². The maximum absolute atomic E-state index is 11.9. The molecular weight excluding hydrogens is 430 g/mol. The fraction of sp³-hybridized carbons (Fsp3) is 0.600. The average Bonchev–Trinajstić information content (AvgIpc) is 2.71. The third-order valence-corrected chi connectivity index (χ3v) is 3.93. The maximum atomic E-state index is 11.9. The van der Waals surface area contributed by atoms with Crippen molar-refractivity contribution in [2.24, 2.45) is 5.14 Å². The lowest BCUT2D eigenvalue weighted by Gasteiger charge is -2.07. The van der Waals surface area contributed by atoms with Crippen LogP contribution in [0.2, 0.25) is 0 Å². The highest BCUT2D eigenvalue weighted by atomic mass is 32.2. The number of aliphatic hydroxyl groups is 2. The van der Waals surface area contributed by atoms with Crippen LogP contribution in [0.3, 0.4) is 0 Å². The molecule has 0 bridgehead atoms. The second-order valence-corrected chi connectivity index (χ2v) is 7.67. The Morgan fingerprint density at radius 1 is 0.710 bits per heavy atom. The van der Waals surface area contributed by atoms with Gasteiger partial charge in [0.15, 0.2) is 0 Å². The molecule has 178 valence electrons. The smallest absolute Gasteiger partial charge is 0.338 e. The van der Waals surface area contributed by atoms with E-state index in [1.165, 1.54) is 0 Å². The van der Waals surface area contributed by atoms with Gasteiger partial charge in [-0.3, -0.25) is 4.55 Å². The number of ether oxygens (including phenoxy) is 2. The molecule has 1 aromatic rings. The molecule has 31 heavy (non-hydrogen) atoms. The fourth-order valence-electron chi connectivity index (χ4n) is 2.37. The van der Waals surface area contributed by atoms with Gasteiger partial charge in [0.25, 0.3) is 0 Å². The molecule has 0 aliphatic heterocycles. The molecule has 1 aromatic carbocycles. The van der Waals surface area contributed by atoms with Crippen molar-refractivity contribution < 1.29 is 42.2 Å². The van der Waals surface area contributed by atoms with Crippen LogP contribution in [0.15, 0.2) is 24.3 Å². The molecule has 0 unspecified atom stereocenters.